The Morgan fingerprint density at radius 3 is 1.42 bits per heavy atom. The number of hydrogen-bond donors (Lipinski definition) is 0. The van der Waals surface area contributed by atoms with Gasteiger partial charge in [0.05, 0.1) is 11.0 Å². The van der Waals surface area contributed by atoms with Crippen molar-refractivity contribution in [2.45, 2.75) is 38.1 Å². The normalized spacial score (nSPS) is 22.0. The number of rotatable bonds is 6. The number of benzene rings is 7. The van der Waals surface area contributed by atoms with Gasteiger partial charge in [-0.3, -0.25) is 0 Å². The van der Waals surface area contributed by atoms with Crippen molar-refractivity contribution in [3.63, 3.8) is 0 Å². The first-order valence-electron chi connectivity index (χ1n) is 20.5. The number of fused-ring (bicyclic) bond motifs is 6. The van der Waals surface area contributed by atoms with E-state index in [1.165, 1.54) is 102 Å². The molecule has 0 N–H and O–H groups in total. The van der Waals surface area contributed by atoms with Gasteiger partial charge in [0.2, 0.25) is 0 Å². The maximum Gasteiger partial charge on any atom is 0.179 e. The van der Waals surface area contributed by atoms with Crippen LogP contribution in [0.15, 0.2) is 176 Å². The van der Waals surface area contributed by atoms with Gasteiger partial charge >= 0.3 is 0 Å². The highest BCUT2D eigenvalue weighted by Gasteiger charge is 2.49. The van der Waals surface area contributed by atoms with Crippen molar-refractivity contribution in [3.05, 3.63) is 176 Å². The van der Waals surface area contributed by atoms with Gasteiger partial charge in [0, 0.05) is 44.3 Å². The largest absolute Gasteiger partial charge is 0.337 e. The first-order valence-corrected chi connectivity index (χ1v) is 22.5. The summed E-state index contributed by atoms with van der Waals surface area (Å²) in [5.74, 6) is 3.57. The zero-order valence-electron chi connectivity index (χ0n) is 31.1. The quantitative estimate of drug-likeness (QED) is 0.119. The van der Waals surface area contributed by atoms with Crippen LogP contribution >= 0.6 is 0 Å². The molecule has 3 heteroatoms. The predicted octanol–water partition coefficient (Wildman–Crippen LogP) is 10.3. The topological polar surface area (TPSA) is 9.86 Å². The average Bonchev–Trinajstić information content (AvgIpc) is 3.74. The molecule has 2 nitrogen and oxygen atoms in total. The lowest BCUT2D eigenvalue weighted by Crippen LogP contribution is -2.74. The van der Waals surface area contributed by atoms with Crippen molar-refractivity contribution >= 4 is 72.4 Å². The maximum atomic E-state index is 2.81. The molecule has 0 atom stereocenters. The molecule has 0 amide bonds. The molecule has 2 aromatic heterocycles. The van der Waals surface area contributed by atoms with Crippen LogP contribution in [0.1, 0.15) is 38.1 Å². The van der Waals surface area contributed by atoms with Crippen molar-refractivity contribution in [3.8, 4) is 5.69 Å². The fourth-order valence-corrected chi connectivity index (χ4v) is 17.1. The molecule has 0 spiro atoms. The first-order chi connectivity index (χ1) is 27.3. The summed E-state index contributed by atoms with van der Waals surface area (Å²) in [6, 6.07) is 67.5. The van der Waals surface area contributed by atoms with Crippen molar-refractivity contribution in [2.75, 3.05) is 0 Å². The summed E-state index contributed by atoms with van der Waals surface area (Å²) in [5.41, 5.74) is 6.58. The van der Waals surface area contributed by atoms with Gasteiger partial charge in [-0.2, -0.15) is 0 Å². The Morgan fingerprint density at radius 2 is 0.818 bits per heavy atom. The van der Waals surface area contributed by atoms with Crippen LogP contribution < -0.4 is 20.7 Å². The molecule has 9 aromatic rings. The summed E-state index contributed by atoms with van der Waals surface area (Å²) >= 11 is 0. The van der Waals surface area contributed by atoms with Crippen LogP contribution in [0.25, 0.3) is 49.3 Å². The second-order valence-corrected chi connectivity index (χ2v) is 20.8. The molecule has 7 aromatic carbocycles. The Balaban J connectivity index is 1.08. The summed E-state index contributed by atoms with van der Waals surface area (Å²) < 4.78 is 5.33. The Labute approximate surface area is 323 Å². The van der Waals surface area contributed by atoms with Gasteiger partial charge in [0.1, 0.15) is 0 Å². The molecule has 0 aliphatic heterocycles. The fraction of sp³-hybridized carbons (Fsp3) is 0.192. The molecule has 0 saturated heterocycles. The smallest absolute Gasteiger partial charge is 0.179 e. The van der Waals surface area contributed by atoms with E-state index in [-0.39, 0.29) is 0 Å². The highest BCUT2D eigenvalue weighted by molar-refractivity contribution is 7.20. The van der Waals surface area contributed by atoms with E-state index in [1.807, 2.05) is 0 Å². The molecular weight excluding hydrogens is 681 g/mol. The molecule has 0 unspecified atom stereocenters. The minimum Gasteiger partial charge on any atom is -0.337 e. The second-order valence-electron chi connectivity index (χ2n) is 16.9. The van der Waals surface area contributed by atoms with Gasteiger partial charge in [-0.15, -0.1) is 0 Å². The van der Waals surface area contributed by atoms with Gasteiger partial charge in [0.25, 0.3) is 0 Å². The Hall–Kier alpha value is -5.64. The number of hydrogen-bond acceptors (Lipinski definition) is 0. The third-order valence-corrected chi connectivity index (χ3v) is 18.9. The number of para-hydroxylation sites is 2. The van der Waals surface area contributed by atoms with E-state index in [0.717, 1.165) is 23.7 Å². The van der Waals surface area contributed by atoms with Crippen LogP contribution in [-0.2, 0) is 0 Å². The van der Waals surface area contributed by atoms with Crippen LogP contribution in [0.2, 0.25) is 0 Å². The second kappa shape index (κ2) is 12.2. The van der Waals surface area contributed by atoms with Crippen LogP contribution in [-0.4, -0.2) is 17.2 Å². The van der Waals surface area contributed by atoms with E-state index in [9.17, 15) is 0 Å². The van der Waals surface area contributed by atoms with Gasteiger partial charge in [0.15, 0.2) is 8.07 Å². The molecule has 266 valence electrons. The van der Waals surface area contributed by atoms with Crippen LogP contribution in [0.3, 0.4) is 0 Å². The Morgan fingerprint density at radius 1 is 0.364 bits per heavy atom. The van der Waals surface area contributed by atoms with E-state index >= 15 is 0 Å². The van der Waals surface area contributed by atoms with E-state index in [0.29, 0.717) is 6.04 Å². The highest BCUT2D eigenvalue weighted by atomic mass is 28.3. The summed E-state index contributed by atoms with van der Waals surface area (Å²) in [6.45, 7) is 0. The fourth-order valence-electron chi connectivity index (χ4n) is 12.3. The van der Waals surface area contributed by atoms with Gasteiger partial charge < -0.3 is 9.13 Å². The average molecular weight is 725 g/mol. The Kier molecular flexibility index (Phi) is 7.02. The molecule has 4 saturated carbocycles. The summed E-state index contributed by atoms with van der Waals surface area (Å²) in [5, 5.41) is 11.0. The highest BCUT2D eigenvalue weighted by Crippen LogP contribution is 2.59. The summed E-state index contributed by atoms with van der Waals surface area (Å²) in [7, 11) is -2.68. The lowest BCUT2D eigenvalue weighted by Gasteiger charge is -2.55. The summed E-state index contributed by atoms with van der Waals surface area (Å²) in [6.07, 6.45) is 7.20. The van der Waals surface area contributed by atoms with Gasteiger partial charge in [-0.1, -0.05) is 140 Å². The third-order valence-electron chi connectivity index (χ3n) is 14.2. The zero-order chi connectivity index (χ0) is 36.1. The van der Waals surface area contributed by atoms with Crippen LogP contribution in [0, 0.1) is 23.7 Å². The lowest BCUT2D eigenvalue weighted by atomic mass is 9.54. The molecule has 4 bridgehead atoms. The predicted molar refractivity (Wildman–Crippen MR) is 233 cm³/mol. The van der Waals surface area contributed by atoms with Crippen molar-refractivity contribution < 1.29 is 0 Å². The first kappa shape index (κ1) is 31.7. The van der Waals surface area contributed by atoms with Crippen LogP contribution in [0.5, 0.6) is 0 Å². The molecule has 2 heterocycles. The lowest BCUT2D eigenvalue weighted by molar-refractivity contribution is -0.0260. The minimum absolute atomic E-state index is 0.621. The molecule has 4 aliphatic carbocycles. The molecule has 55 heavy (non-hydrogen) atoms. The van der Waals surface area contributed by atoms with E-state index in [1.54, 1.807) is 0 Å². The van der Waals surface area contributed by atoms with E-state index < -0.39 is 8.07 Å². The minimum atomic E-state index is -2.68. The maximum absolute atomic E-state index is 2.81. The molecule has 0 radical (unpaired) electrons. The van der Waals surface area contributed by atoms with E-state index in [2.05, 4.69) is 185 Å². The number of nitrogens with zero attached hydrogens (tertiary/aromatic N) is 2. The molecule has 4 aliphatic rings. The molecule has 13 rings (SSSR count). The summed E-state index contributed by atoms with van der Waals surface area (Å²) in [4.78, 5) is 0. The molecule has 4 fully saturated rings. The van der Waals surface area contributed by atoms with Crippen LogP contribution in [0.4, 0.5) is 0 Å². The standard InChI is InChI=1S/C52H44N2Si/c1-4-14-40(15-5-1)55(41-16-6-2-7-17-41,42-18-8-3-9-19-42)43-25-27-50-47(34-43)45-21-10-12-22-48(45)53(50)39-24-26-51-46(33-39)44-20-11-13-23-49(44)54(51)52-37-29-35-28-36(31-37)32-38(52)30-35/h1-27,33-38,52H,28-32H2. The SMILES string of the molecule is c1ccc([Si](c2ccccc2)(c2ccccc2)c2ccc3c(c2)c2ccccc2n3-c2ccc3c(c2)c2ccccc2n3C2C3CC4CC(C3)CC2C4)cc1. The monoisotopic (exact) mass is 724 g/mol. The third kappa shape index (κ3) is 4.60. The Bertz CT molecular complexity index is 2760. The van der Waals surface area contributed by atoms with E-state index in [4.69, 9.17) is 0 Å². The van der Waals surface area contributed by atoms with Gasteiger partial charge in [-0.25, -0.2) is 0 Å². The van der Waals surface area contributed by atoms with Crippen molar-refractivity contribution in [1.29, 1.82) is 0 Å². The van der Waals surface area contributed by atoms with Gasteiger partial charge in [-0.05, 0) is 113 Å². The zero-order valence-corrected chi connectivity index (χ0v) is 32.1. The van der Waals surface area contributed by atoms with Crippen molar-refractivity contribution in [1.82, 2.24) is 9.13 Å². The molecular formula is C52H44N2Si. The number of aromatic nitrogens is 2. The van der Waals surface area contributed by atoms with Crippen molar-refractivity contribution in [2.24, 2.45) is 23.7 Å².